The van der Waals surface area contributed by atoms with Gasteiger partial charge >= 0.3 is 0 Å². The molecule has 128 valence electrons. The summed E-state index contributed by atoms with van der Waals surface area (Å²) in [6.45, 7) is 9.14. The number of aromatic nitrogens is 4. The summed E-state index contributed by atoms with van der Waals surface area (Å²) in [6.07, 6.45) is 1.22. The number of carbonyl (C=O) groups excluding carboxylic acids is 1. The highest BCUT2D eigenvalue weighted by molar-refractivity contribution is 5.79. The molecule has 2 aromatic heterocycles. The molecule has 2 aromatic rings. The molecule has 1 fully saturated rings. The first kappa shape index (κ1) is 16.6. The zero-order valence-corrected chi connectivity index (χ0v) is 14.7. The van der Waals surface area contributed by atoms with Crippen molar-refractivity contribution in [1.82, 2.24) is 24.6 Å². The third-order valence-corrected chi connectivity index (χ3v) is 4.51. The van der Waals surface area contributed by atoms with E-state index in [-0.39, 0.29) is 11.9 Å². The maximum Gasteiger partial charge on any atom is 0.251 e. The number of nitrogens with zero attached hydrogens (tertiary/aromatic N) is 5. The molecule has 0 aliphatic carbocycles. The minimum atomic E-state index is 0.0996. The minimum Gasteiger partial charge on any atom is -0.341 e. The van der Waals surface area contributed by atoms with Gasteiger partial charge in [0.25, 0.3) is 5.95 Å². The predicted octanol–water partition coefficient (Wildman–Crippen LogP) is 0.998. The molecular formula is C17H24N6O. The van der Waals surface area contributed by atoms with E-state index in [4.69, 9.17) is 5.73 Å². The van der Waals surface area contributed by atoms with Crippen molar-refractivity contribution in [3.05, 3.63) is 34.4 Å². The Bertz CT molecular complexity index is 761. The summed E-state index contributed by atoms with van der Waals surface area (Å²) in [5.74, 6) is 0.657. The van der Waals surface area contributed by atoms with E-state index in [1.807, 2.05) is 38.7 Å². The van der Waals surface area contributed by atoms with Crippen LogP contribution in [0, 0.1) is 27.7 Å². The van der Waals surface area contributed by atoms with Crippen LogP contribution < -0.4 is 5.73 Å². The molecule has 3 rings (SSSR count). The van der Waals surface area contributed by atoms with E-state index in [1.54, 1.807) is 4.68 Å². The Hall–Kier alpha value is -2.28. The highest BCUT2D eigenvalue weighted by Gasteiger charge is 2.25. The normalized spacial score (nSPS) is 17.5. The molecule has 1 aliphatic heterocycles. The molecule has 0 bridgehead atoms. The van der Waals surface area contributed by atoms with E-state index >= 15 is 0 Å². The first-order valence-corrected chi connectivity index (χ1v) is 8.26. The van der Waals surface area contributed by atoms with Crippen LogP contribution in [-0.2, 0) is 11.2 Å². The lowest BCUT2D eigenvalue weighted by molar-refractivity contribution is -0.129. The minimum absolute atomic E-state index is 0.0996. The number of likely N-dealkylation sites (tertiary alicyclic amines) is 1. The van der Waals surface area contributed by atoms with Gasteiger partial charge in [-0.15, -0.1) is 0 Å². The lowest BCUT2D eigenvalue weighted by Crippen LogP contribution is -2.33. The fraction of sp³-hybridized carbons (Fsp3) is 0.529. The van der Waals surface area contributed by atoms with E-state index in [9.17, 15) is 4.79 Å². The molecule has 7 nitrogen and oxygen atoms in total. The monoisotopic (exact) mass is 328 g/mol. The second-order valence-electron chi connectivity index (χ2n) is 6.58. The van der Waals surface area contributed by atoms with Crippen LogP contribution in [-0.4, -0.2) is 49.7 Å². The summed E-state index contributed by atoms with van der Waals surface area (Å²) < 4.78 is 1.73. The smallest absolute Gasteiger partial charge is 0.251 e. The first-order valence-electron chi connectivity index (χ1n) is 8.26. The highest BCUT2D eigenvalue weighted by atomic mass is 16.2. The fourth-order valence-electron chi connectivity index (χ4n) is 3.20. The van der Waals surface area contributed by atoms with E-state index < -0.39 is 0 Å². The number of amides is 1. The van der Waals surface area contributed by atoms with Crippen LogP contribution in [0.1, 0.15) is 34.8 Å². The molecular weight excluding hydrogens is 304 g/mol. The zero-order chi connectivity index (χ0) is 17.4. The summed E-state index contributed by atoms with van der Waals surface area (Å²) in [7, 11) is 0. The molecule has 1 atom stereocenters. The Kier molecular flexibility index (Phi) is 4.36. The highest BCUT2D eigenvalue weighted by Crippen LogP contribution is 2.19. The number of rotatable bonds is 3. The Morgan fingerprint density at radius 3 is 2.50 bits per heavy atom. The molecule has 2 N–H and O–H groups in total. The van der Waals surface area contributed by atoms with Gasteiger partial charge in [0.05, 0.1) is 12.1 Å². The van der Waals surface area contributed by atoms with Crippen LogP contribution in [0.15, 0.2) is 6.07 Å². The second-order valence-corrected chi connectivity index (χ2v) is 6.58. The number of nitrogens with two attached hydrogens (primary N) is 1. The van der Waals surface area contributed by atoms with E-state index in [0.29, 0.717) is 18.9 Å². The number of carbonyl (C=O) groups is 1. The molecule has 24 heavy (non-hydrogen) atoms. The topological polar surface area (TPSA) is 89.9 Å². The van der Waals surface area contributed by atoms with Gasteiger partial charge < -0.3 is 10.6 Å². The third kappa shape index (κ3) is 3.17. The number of aryl methyl sites for hydroxylation is 3. The average Bonchev–Trinajstić information content (AvgIpc) is 3.05. The summed E-state index contributed by atoms with van der Waals surface area (Å²) in [5, 5.41) is 4.55. The number of hydrogen-bond acceptors (Lipinski definition) is 5. The second kappa shape index (κ2) is 6.32. The third-order valence-electron chi connectivity index (χ3n) is 4.51. The molecule has 0 unspecified atom stereocenters. The van der Waals surface area contributed by atoms with Crippen LogP contribution >= 0.6 is 0 Å². The van der Waals surface area contributed by atoms with Crippen LogP contribution in [0.5, 0.6) is 0 Å². The zero-order valence-electron chi connectivity index (χ0n) is 14.7. The van der Waals surface area contributed by atoms with Gasteiger partial charge in [-0.3, -0.25) is 4.79 Å². The lowest BCUT2D eigenvalue weighted by Gasteiger charge is -2.15. The maximum absolute atomic E-state index is 12.5. The summed E-state index contributed by atoms with van der Waals surface area (Å²) in [4.78, 5) is 23.3. The van der Waals surface area contributed by atoms with Gasteiger partial charge in [0.2, 0.25) is 5.91 Å². The van der Waals surface area contributed by atoms with Crippen LogP contribution in [0.2, 0.25) is 0 Å². The van der Waals surface area contributed by atoms with Crippen molar-refractivity contribution < 1.29 is 4.79 Å². The molecule has 0 aromatic carbocycles. The van der Waals surface area contributed by atoms with Crippen molar-refractivity contribution in [1.29, 1.82) is 0 Å². The fourth-order valence-corrected chi connectivity index (χ4v) is 3.20. The number of hydrogen-bond donors (Lipinski definition) is 1. The SMILES string of the molecule is Cc1cc(C)nc(-n2nc(C)c(CC(=O)N3CC[C@@H](N)C3)c2C)n1. The first-order chi connectivity index (χ1) is 11.3. The quantitative estimate of drug-likeness (QED) is 0.908. The molecule has 3 heterocycles. The van der Waals surface area contributed by atoms with E-state index in [2.05, 4.69) is 15.1 Å². The molecule has 1 amide bonds. The van der Waals surface area contributed by atoms with Gasteiger partial charge in [-0.2, -0.15) is 5.10 Å². The average molecular weight is 328 g/mol. The van der Waals surface area contributed by atoms with Crippen LogP contribution in [0.3, 0.4) is 0 Å². The predicted molar refractivity (Wildman–Crippen MR) is 91.0 cm³/mol. The summed E-state index contributed by atoms with van der Waals surface area (Å²) >= 11 is 0. The van der Waals surface area contributed by atoms with Gasteiger partial charge in [-0.05, 0) is 40.2 Å². The van der Waals surface area contributed by atoms with Gasteiger partial charge in [0.15, 0.2) is 0 Å². The summed E-state index contributed by atoms with van der Waals surface area (Å²) in [5.41, 5.74) is 10.4. The molecule has 0 radical (unpaired) electrons. The van der Waals surface area contributed by atoms with Crippen LogP contribution in [0.25, 0.3) is 5.95 Å². The van der Waals surface area contributed by atoms with Crippen molar-refractivity contribution in [3.8, 4) is 5.95 Å². The van der Waals surface area contributed by atoms with E-state index in [0.717, 1.165) is 41.3 Å². The van der Waals surface area contributed by atoms with E-state index in [1.165, 1.54) is 0 Å². The van der Waals surface area contributed by atoms with Crippen molar-refractivity contribution in [2.45, 2.75) is 46.6 Å². The molecule has 1 saturated heterocycles. The van der Waals surface area contributed by atoms with Gasteiger partial charge in [0, 0.05) is 41.8 Å². The van der Waals surface area contributed by atoms with Crippen LogP contribution in [0.4, 0.5) is 0 Å². The standard InChI is InChI=1S/C17H24N6O/c1-10-7-11(2)20-17(19-10)23-13(4)15(12(3)21-23)8-16(24)22-6-5-14(18)9-22/h7,14H,5-6,8-9,18H2,1-4H3/t14-/m1/s1. The molecule has 0 saturated carbocycles. The van der Waals surface area contributed by atoms with Gasteiger partial charge in [-0.1, -0.05) is 0 Å². The molecule has 1 aliphatic rings. The van der Waals surface area contributed by atoms with Crippen molar-refractivity contribution in [3.63, 3.8) is 0 Å². The summed E-state index contributed by atoms with van der Waals surface area (Å²) in [6, 6.07) is 2.03. The Balaban J connectivity index is 1.88. The van der Waals surface area contributed by atoms with Crippen molar-refractivity contribution in [2.75, 3.05) is 13.1 Å². The maximum atomic E-state index is 12.5. The lowest BCUT2D eigenvalue weighted by atomic mass is 10.1. The molecule has 7 heteroatoms. The van der Waals surface area contributed by atoms with Gasteiger partial charge in [-0.25, -0.2) is 14.6 Å². The van der Waals surface area contributed by atoms with Crippen molar-refractivity contribution in [2.24, 2.45) is 5.73 Å². The van der Waals surface area contributed by atoms with Crippen molar-refractivity contribution >= 4 is 5.91 Å². The molecule has 0 spiro atoms. The Morgan fingerprint density at radius 2 is 1.92 bits per heavy atom. The van der Waals surface area contributed by atoms with Gasteiger partial charge in [0.1, 0.15) is 0 Å². The largest absolute Gasteiger partial charge is 0.341 e. The Labute approximate surface area is 141 Å². The Morgan fingerprint density at radius 1 is 1.25 bits per heavy atom.